The smallest absolute Gasteiger partial charge is 0.289 e. The molecule has 1 aliphatic carbocycles. The molecule has 100 valence electrons. The standard InChI is InChI=1S/C18H9BrO2/c19-15-9-14-16(11-6-2-1-5-10(11)15)18(21)13-8-4-3-7-12(13)17(14)20/h1-9H/p+1. The molecule has 0 aliphatic heterocycles. The minimum atomic E-state index is -0.0397. The molecule has 0 aromatic heterocycles. The molecule has 0 spiro atoms. The second kappa shape index (κ2) is 4.37. The first kappa shape index (κ1) is 12.5. The highest BCUT2D eigenvalue weighted by molar-refractivity contribution is 9.10. The molecule has 1 aliphatic rings. The maximum atomic E-state index is 12.8. The number of carbonyl (C=O) groups excluding carboxylic acids is 2. The first-order valence-electron chi connectivity index (χ1n) is 6.60. The summed E-state index contributed by atoms with van der Waals surface area (Å²) in [6.07, 6.45) is 0. The Kier molecular flexibility index (Phi) is 2.59. The van der Waals surface area contributed by atoms with Crippen LogP contribution in [0, 0.1) is 0 Å². The number of hydrogen-bond donors (Lipinski definition) is 0. The molecule has 0 heterocycles. The molecule has 0 atom stereocenters. The second-order valence-electron chi connectivity index (χ2n) is 5.05. The van der Waals surface area contributed by atoms with E-state index in [-0.39, 0.29) is 11.6 Å². The van der Waals surface area contributed by atoms with Crippen molar-refractivity contribution in [3.63, 3.8) is 0 Å². The van der Waals surface area contributed by atoms with Crippen LogP contribution in [0.2, 0.25) is 0 Å². The number of fused-ring (bicyclic) bond motifs is 4. The zero-order valence-electron chi connectivity index (χ0n) is 10.9. The van der Waals surface area contributed by atoms with Gasteiger partial charge in [0.05, 0.1) is 11.1 Å². The summed E-state index contributed by atoms with van der Waals surface area (Å²) in [4.78, 5) is 23.4. The van der Waals surface area contributed by atoms with E-state index >= 15 is 0 Å². The zero-order chi connectivity index (χ0) is 14.6. The topological polar surface area (TPSA) is 38.5 Å². The Labute approximate surface area is 129 Å². The van der Waals surface area contributed by atoms with Gasteiger partial charge in [-0.15, -0.1) is 0 Å². The molecule has 21 heavy (non-hydrogen) atoms. The molecule has 0 amide bonds. The largest absolute Gasteiger partial charge is 0.355 e. The van der Waals surface area contributed by atoms with Crippen molar-refractivity contribution >= 4 is 38.3 Å². The monoisotopic (exact) mass is 337 g/mol. The van der Waals surface area contributed by atoms with Crippen molar-refractivity contribution in [2.45, 2.75) is 0 Å². The van der Waals surface area contributed by atoms with E-state index in [0.29, 0.717) is 22.3 Å². The van der Waals surface area contributed by atoms with Gasteiger partial charge >= 0.3 is 5.78 Å². The normalized spacial score (nSPS) is 13.2. The van der Waals surface area contributed by atoms with Crippen LogP contribution in [-0.2, 0) is 0 Å². The first-order valence-corrected chi connectivity index (χ1v) is 7.39. The Morgan fingerprint density at radius 2 is 1.43 bits per heavy atom. The van der Waals surface area contributed by atoms with Gasteiger partial charge in [0.1, 0.15) is 0 Å². The van der Waals surface area contributed by atoms with Crippen LogP contribution in [0.1, 0.15) is 27.0 Å². The predicted molar refractivity (Wildman–Crippen MR) is 86.7 cm³/mol. The number of benzene rings is 3. The van der Waals surface area contributed by atoms with Crippen molar-refractivity contribution in [1.29, 1.82) is 0 Å². The molecule has 0 bridgehead atoms. The number of carbonyl (C=O) groups is 1. The maximum Gasteiger partial charge on any atom is 0.355 e. The molecule has 3 aromatic carbocycles. The Balaban J connectivity index is 2.17. The summed E-state index contributed by atoms with van der Waals surface area (Å²) in [5.41, 5.74) is 2.31. The third kappa shape index (κ3) is 1.64. The summed E-state index contributed by atoms with van der Waals surface area (Å²) in [6.45, 7) is 0. The van der Waals surface area contributed by atoms with Gasteiger partial charge in [-0.3, -0.25) is 9.59 Å². The van der Waals surface area contributed by atoms with Gasteiger partial charge < -0.3 is 0 Å². The Morgan fingerprint density at radius 3 is 2.19 bits per heavy atom. The van der Waals surface area contributed by atoms with Gasteiger partial charge in [0, 0.05) is 15.6 Å². The van der Waals surface area contributed by atoms with Crippen LogP contribution in [0.15, 0.2) is 59.1 Å². The lowest BCUT2D eigenvalue weighted by Gasteiger charge is -2.17. The average molecular weight is 338 g/mol. The van der Waals surface area contributed by atoms with Gasteiger partial charge in [-0.1, -0.05) is 58.4 Å². The van der Waals surface area contributed by atoms with Gasteiger partial charge in [-0.05, 0) is 22.9 Å². The van der Waals surface area contributed by atoms with Crippen LogP contribution in [-0.4, -0.2) is 16.4 Å². The molecule has 0 radical (unpaired) electrons. The molecule has 1 N–H and O–H groups in total. The summed E-state index contributed by atoms with van der Waals surface area (Å²) < 4.78 is 0.871. The van der Waals surface area contributed by atoms with Gasteiger partial charge in [0.25, 0.3) is 0 Å². The fourth-order valence-corrected chi connectivity index (χ4v) is 3.50. The predicted octanol–water partition coefficient (Wildman–Crippen LogP) is 4.09. The highest BCUT2D eigenvalue weighted by atomic mass is 79.9. The number of ketones is 2. The Bertz CT molecular complexity index is 941. The van der Waals surface area contributed by atoms with E-state index in [4.69, 9.17) is 0 Å². The van der Waals surface area contributed by atoms with E-state index < -0.39 is 0 Å². The minimum Gasteiger partial charge on any atom is -0.289 e. The Hall–Kier alpha value is -2.26. The van der Waals surface area contributed by atoms with Crippen LogP contribution in [0.4, 0.5) is 0 Å². The lowest BCUT2D eigenvalue weighted by molar-refractivity contribution is 0.103. The second-order valence-corrected chi connectivity index (χ2v) is 5.90. The molecule has 0 saturated carbocycles. The van der Waals surface area contributed by atoms with Crippen molar-refractivity contribution in [3.8, 4) is 0 Å². The molecule has 4 rings (SSSR count). The molecular formula is C18H10BrO2+. The lowest BCUT2D eigenvalue weighted by atomic mass is 9.82. The highest BCUT2D eigenvalue weighted by Crippen LogP contribution is 2.35. The fraction of sp³-hybridized carbons (Fsp3) is 0. The summed E-state index contributed by atoms with van der Waals surface area (Å²) in [5, 5.41) is 1.82. The van der Waals surface area contributed by atoms with Crippen molar-refractivity contribution < 1.29 is 9.59 Å². The summed E-state index contributed by atoms with van der Waals surface area (Å²) in [7, 11) is 0. The third-order valence-electron chi connectivity index (χ3n) is 3.90. The molecule has 3 heteroatoms. The van der Waals surface area contributed by atoms with E-state index in [0.717, 1.165) is 15.2 Å². The highest BCUT2D eigenvalue weighted by Gasteiger charge is 2.35. The van der Waals surface area contributed by atoms with E-state index in [9.17, 15) is 9.59 Å². The van der Waals surface area contributed by atoms with Crippen molar-refractivity contribution in [3.05, 3.63) is 81.3 Å². The third-order valence-corrected chi connectivity index (χ3v) is 4.56. The molecule has 0 unspecified atom stereocenters. The van der Waals surface area contributed by atoms with E-state index in [1.807, 2.05) is 42.5 Å². The number of halogens is 1. The SMILES string of the molecule is O=C1c2ccccc2C(=[OH+])c2cc(Br)c3ccccc3c21. The maximum absolute atomic E-state index is 12.8. The average Bonchev–Trinajstić information content (AvgIpc) is 2.53. The van der Waals surface area contributed by atoms with Gasteiger partial charge in [0.2, 0.25) is 0 Å². The molecular weight excluding hydrogens is 328 g/mol. The van der Waals surface area contributed by atoms with Crippen molar-refractivity contribution in [2.24, 2.45) is 0 Å². The molecule has 2 nitrogen and oxygen atoms in total. The molecule has 0 fully saturated rings. The van der Waals surface area contributed by atoms with Crippen LogP contribution in [0.3, 0.4) is 0 Å². The van der Waals surface area contributed by atoms with Crippen molar-refractivity contribution in [2.75, 3.05) is 0 Å². The van der Waals surface area contributed by atoms with Crippen molar-refractivity contribution in [1.82, 2.24) is 0 Å². The van der Waals surface area contributed by atoms with Crippen LogP contribution in [0.25, 0.3) is 10.8 Å². The summed E-state index contributed by atoms with van der Waals surface area (Å²) in [5.74, 6) is 0.119. The van der Waals surface area contributed by atoms with E-state index in [2.05, 4.69) is 15.9 Å². The lowest BCUT2D eigenvalue weighted by Crippen LogP contribution is -2.22. The number of hydrogen-bond acceptors (Lipinski definition) is 1. The fourth-order valence-electron chi connectivity index (χ4n) is 2.93. The molecule has 3 aromatic rings. The van der Waals surface area contributed by atoms with Crippen LogP contribution in [0.5, 0.6) is 0 Å². The van der Waals surface area contributed by atoms with E-state index in [1.54, 1.807) is 12.1 Å². The van der Waals surface area contributed by atoms with Crippen LogP contribution < -0.4 is 0 Å². The molecule has 0 saturated heterocycles. The van der Waals surface area contributed by atoms with Gasteiger partial charge in [-0.25, -0.2) is 0 Å². The minimum absolute atomic E-state index is 0.0397. The Morgan fingerprint density at radius 1 is 0.810 bits per heavy atom. The quantitative estimate of drug-likeness (QED) is 0.445. The first-order chi connectivity index (χ1) is 10.2. The zero-order valence-corrected chi connectivity index (χ0v) is 12.5. The number of rotatable bonds is 0. The summed E-state index contributed by atoms with van der Waals surface area (Å²) in [6, 6.07) is 16.7. The van der Waals surface area contributed by atoms with Crippen LogP contribution >= 0.6 is 15.9 Å². The van der Waals surface area contributed by atoms with Gasteiger partial charge in [0.15, 0.2) is 5.78 Å². The summed E-state index contributed by atoms with van der Waals surface area (Å²) >= 11 is 3.53. The van der Waals surface area contributed by atoms with Gasteiger partial charge in [-0.2, -0.15) is 0 Å². The van der Waals surface area contributed by atoms with E-state index in [1.165, 1.54) is 0 Å².